The number of aryl methyl sites for hydroxylation is 1. The Morgan fingerprint density at radius 1 is 1.07 bits per heavy atom. The Labute approximate surface area is 161 Å². The van der Waals surface area contributed by atoms with Crippen LogP contribution in [0.1, 0.15) is 33.1 Å². The highest BCUT2D eigenvalue weighted by atomic mass is 16.5. The lowest BCUT2D eigenvalue weighted by molar-refractivity contribution is 0.0690. The third-order valence-electron chi connectivity index (χ3n) is 4.91. The van der Waals surface area contributed by atoms with Crippen molar-refractivity contribution in [2.45, 2.75) is 12.8 Å². The molecule has 28 heavy (non-hydrogen) atoms. The molecule has 1 amide bonds. The average molecular weight is 374 g/mol. The number of anilines is 1. The van der Waals surface area contributed by atoms with Gasteiger partial charge in [0.1, 0.15) is 12.3 Å². The summed E-state index contributed by atoms with van der Waals surface area (Å²) in [5, 5.41) is 11.6. The number of hydrogen-bond acceptors (Lipinski definition) is 4. The summed E-state index contributed by atoms with van der Waals surface area (Å²) in [6.07, 6.45) is 0.718. The van der Waals surface area contributed by atoms with E-state index in [1.54, 1.807) is 6.92 Å². The monoisotopic (exact) mass is 374 g/mol. The summed E-state index contributed by atoms with van der Waals surface area (Å²) in [5.74, 6) is -1.14. The lowest BCUT2D eigenvalue weighted by Crippen LogP contribution is -2.18. The molecule has 0 spiro atoms. The molecule has 0 fully saturated rings. The summed E-state index contributed by atoms with van der Waals surface area (Å²) in [6.45, 7) is 1.91. The quantitative estimate of drug-likeness (QED) is 0.704. The van der Waals surface area contributed by atoms with Crippen molar-refractivity contribution in [2.75, 3.05) is 11.9 Å². The molecule has 0 saturated carbocycles. The number of aromatic carboxylic acids is 1. The smallest absolute Gasteiger partial charge is 0.411 e. The van der Waals surface area contributed by atoms with E-state index in [4.69, 9.17) is 9.84 Å². The van der Waals surface area contributed by atoms with Crippen molar-refractivity contribution in [3.05, 3.63) is 83.2 Å². The average Bonchev–Trinajstić information content (AvgIpc) is 3.02. The highest BCUT2D eigenvalue weighted by molar-refractivity contribution is 5.89. The number of ether oxygens (including phenoxy) is 1. The molecule has 0 unspecified atom stereocenters. The van der Waals surface area contributed by atoms with Crippen LogP contribution in [-0.4, -0.2) is 28.8 Å². The number of nitrogens with zero attached hydrogens (tertiary/aromatic N) is 1. The maximum Gasteiger partial charge on any atom is 0.411 e. The van der Waals surface area contributed by atoms with Crippen molar-refractivity contribution in [1.29, 1.82) is 0 Å². The van der Waals surface area contributed by atoms with Gasteiger partial charge in [0, 0.05) is 5.92 Å². The summed E-state index contributed by atoms with van der Waals surface area (Å²) in [5.41, 5.74) is 5.55. The number of benzene rings is 2. The van der Waals surface area contributed by atoms with Gasteiger partial charge in [0.2, 0.25) is 0 Å². The van der Waals surface area contributed by atoms with Gasteiger partial charge in [-0.15, -0.1) is 0 Å². The largest absolute Gasteiger partial charge is 0.477 e. The van der Waals surface area contributed by atoms with Crippen molar-refractivity contribution in [2.24, 2.45) is 0 Å². The van der Waals surface area contributed by atoms with Crippen LogP contribution in [0.15, 0.2) is 60.8 Å². The SMILES string of the molecule is Cc1cc(C(=O)O)ncc1NC(=O)OCC1c2ccccc2-c2ccccc21. The van der Waals surface area contributed by atoms with Crippen LogP contribution in [0.25, 0.3) is 11.1 Å². The molecular formula is C22H18N2O4. The fourth-order valence-corrected chi connectivity index (χ4v) is 3.55. The molecule has 6 heteroatoms. The number of carbonyl (C=O) groups excluding carboxylic acids is 1. The number of rotatable bonds is 4. The van der Waals surface area contributed by atoms with Gasteiger partial charge >= 0.3 is 12.1 Å². The summed E-state index contributed by atoms with van der Waals surface area (Å²) in [6, 6.07) is 17.6. The highest BCUT2D eigenvalue weighted by Gasteiger charge is 2.29. The fraction of sp³-hybridized carbons (Fsp3) is 0.136. The molecule has 4 rings (SSSR count). The van der Waals surface area contributed by atoms with E-state index in [1.807, 2.05) is 24.3 Å². The first-order chi connectivity index (χ1) is 13.5. The third-order valence-corrected chi connectivity index (χ3v) is 4.91. The minimum Gasteiger partial charge on any atom is -0.477 e. The van der Waals surface area contributed by atoms with Crippen LogP contribution in [0, 0.1) is 6.92 Å². The molecule has 0 radical (unpaired) electrons. The zero-order valence-corrected chi connectivity index (χ0v) is 15.2. The van der Waals surface area contributed by atoms with E-state index in [-0.39, 0.29) is 18.2 Å². The van der Waals surface area contributed by atoms with Gasteiger partial charge < -0.3 is 9.84 Å². The normalized spacial score (nSPS) is 12.2. The van der Waals surface area contributed by atoms with Crippen LogP contribution in [0.4, 0.5) is 10.5 Å². The second kappa shape index (κ2) is 7.15. The van der Waals surface area contributed by atoms with Gasteiger partial charge in [0.05, 0.1) is 11.9 Å². The summed E-state index contributed by atoms with van der Waals surface area (Å²) < 4.78 is 5.48. The molecule has 2 N–H and O–H groups in total. The maximum absolute atomic E-state index is 12.3. The first kappa shape index (κ1) is 17.7. The summed E-state index contributed by atoms with van der Waals surface area (Å²) in [4.78, 5) is 27.1. The van der Waals surface area contributed by atoms with Gasteiger partial charge in [0.15, 0.2) is 0 Å². The van der Waals surface area contributed by atoms with Crippen molar-refractivity contribution in [1.82, 2.24) is 4.98 Å². The van der Waals surface area contributed by atoms with Crippen molar-refractivity contribution in [3.8, 4) is 11.1 Å². The molecule has 140 valence electrons. The predicted octanol–water partition coefficient (Wildman–Crippen LogP) is 4.45. The van der Waals surface area contributed by atoms with Gasteiger partial charge in [0.25, 0.3) is 0 Å². The Bertz CT molecular complexity index is 1030. The van der Waals surface area contributed by atoms with Gasteiger partial charge in [-0.3, -0.25) is 5.32 Å². The Morgan fingerprint density at radius 3 is 2.25 bits per heavy atom. The Hall–Kier alpha value is -3.67. The standard InChI is InChI=1S/C22H18N2O4/c1-13-10-19(21(25)26)23-11-20(13)24-22(27)28-12-18-16-8-4-2-6-14(16)15-7-3-5-9-17(15)18/h2-11,18H,12H2,1H3,(H,24,27)(H,25,26). The topological polar surface area (TPSA) is 88.5 Å². The fourth-order valence-electron chi connectivity index (χ4n) is 3.55. The van der Waals surface area contributed by atoms with E-state index >= 15 is 0 Å². The molecule has 3 aromatic rings. The maximum atomic E-state index is 12.3. The Morgan fingerprint density at radius 2 is 1.68 bits per heavy atom. The zero-order valence-electron chi connectivity index (χ0n) is 15.2. The van der Waals surface area contributed by atoms with Crippen LogP contribution in [-0.2, 0) is 4.74 Å². The van der Waals surface area contributed by atoms with Crippen LogP contribution < -0.4 is 5.32 Å². The van der Waals surface area contributed by atoms with Gasteiger partial charge in [-0.25, -0.2) is 14.6 Å². The minimum atomic E-state index is -1.12. The van der Waals surface area contributed by atoms with Gasteiger partial charge in [-0.2, -0.15) is 0 Å². The van der Waals surface area contributed by atoms with E-state index < -0.39 is 12.1 Å². The molecule has 0 aliphatic heterocycles. The number of pyridine rings is 1. The summed E-state index contributed by atoms with van der Waals surface area (Å²) >= 11 is 0. The van der Waals surface area contributed by atoms with E-state index in [0.29, 0.717) is 11.3 Å². The summed E-state index contributed by atoms with van der Waals surface area (Å²) in [7, 11) is 0. The van der Waals surface area contributed by atoms with Crippen LogP contribution >= 0.6 is 0 Å². The van der Waals surface area contributed by atoms with E-state index in [0.717, 1.165) is 22.3 Å². The number of aromatic nitrogens is 1. The molecule has 1 heterocycles. The van der Waals surface area contributed by atoms with E-state index in [1.165, 1.54) is 12.3 Å². The van der Waals surface area contributed by atoms with Crippen LogP contribution in [0.2, 0.25) is 0 Å². The number of nitrogens with one attached hydrogen (secondary N) is 1. The lowest BCUT2D eigenvalue weighted by Gasteiger charge is -2.15. The number of fused-ring (bicyclic) bond motifs is 3. The van der Waals surface area contributed by atoms with Crippen LogP contribution in [0.5, 0.6) is 0 Å². The number of amides is 1. The molecule has 1 aromatic heterocycles. The van der Waals surface area contributed by atoms with Gasteiger partial charge in [-0.1, -0.05) is 48.5 Å². The minimum absolute atomic E-state index is 0.0215. The van der Waals surface area contributed by atoms with Crippen LogP contribution in [0.3, 0.4) is 0 Å². The molecule has 0 bridgehead atoms. The second-order valence-electron chi connectivity index (χ2n) is 6.64. The first-order valence-electron chi connectivity index (χ1n) is 8.86. The van der Waals surface area contributed by atoms with Crippen molar-refractivity contribution >= 4 is 17.7 Å². The molecule has 2 aromatic carbocycles. The second-order valence-corrected chi connectivity index (χ2v) is 6.64. The Balaban J connectivity index is 1.48. The van der Waals surface area contributed by atoms with E-state index in [2.05, 4.69) is 34.6 Å². The van der Waals surface area contributed by atoms with E-state index in [9.17, 15) is 9.59 Å². The molecule has 1 aliphatic rings. The molecule has 0 saturated heterocycles. The number of hydrogen-bond donors (Lipinski definition) is 2. The molecule has 0 atom stereocenters. The lowest BCUT2D eigenvalue weighted by atomic mass is 9.98. The van der Waals surface area contributed by atoms with Crippen molar-refractivity contribution in [3.63, 3.8) is 0 Å². The van der Waals surface area contributed by atoms with Gasteiger partial charge in [-0.05, 0) is 40.8 Å². The highest BCUT2D eigenvalue weighted by Crippen LogP contribution is 2.44. The molecule has 6 nitrogen and oxygen atoms in total. The van der Waals surface area contributed by atoms with Crippen molar-refractivity contribution < 1.29 is 19.4 Å². The number of carboxylic acids is 1. The Kier molecular flexibility index (Phi) is 4.53. The zero-order chi connectivity index (χ0) is 19.7. The third kappa shape index (κ3) is 3.20. The molecular weight excluding hydrogens is 356 g/mol. The predicted molar refractivity (Wildman–Crippen MR) is 105 cm³/mol. The first-order valence-corrected chi connectivity index (χ1v) is 8.86. The number of carboxylic acid groups (broad SMARTS) is 1. The molecule has 1 aliphatic carbocycles. The number of carbonyl (C=O) groups is 2.